The van der Waals surface area contributed by atoms with Crippen molar-refractivity contribution in [1.82, 2.24) is 9.80 Å². The average molecular weight is 499 g/mol. The van der Waals surface area contributed by atoms with Gasteiger partial charge in [0.15, 0.2) is 0 Å². The molecule has 6 heteroatoms. The maximum Gasteiger partial charge on any atom is 0.410 e. The zero-order valence-electron chi connectivity index (χ0n) is 23.2. The van der Waals surface area contributed by atoms with Crippen molar-refractivity contribution in [2.24, 2.45) is 0 Å². The van der Waals surface area contributed by atoms with Crippen molar-refractivity contribution in [3.63, 3.8) is 0 Å². The van der Waals surface area contributed by atoms with Crippen LogP contribution in [-0.2, 0) is 9.47 Å². The smallest absolute Gasteiger partial charge is 0.410 e. The van der Waals surface area contributed by atoms with Gasteiger partial charge in [0.25, 0.3) is 0 Å². The van der Waals surface area contributed by atoms with Gasteiger partial charge in [-0.15, -0.1) is 0 Å². The number of carbonyl (C=O) groups is 1. The Labute approximate surface area is 217 Å². The molecule has 1 spiro atoms. The van der Waals surface area contributed by atoms with Gasteiger partial charge >= 0.3 is 6.09 Å². The van der Waals surface area contributed by atoms with Gasteiger partial charge in [0, 0.05) is 6.04 Å². The summed E-state index contributed by atoms with van der Waals surface area (Å²) >= 11 is 0. The Bertz CT molecular complexity index is 986. The van der Waals surface area contributed by atoms with Crippen molar-refractivity contribution >= 4 is 6.09 Å². The summed E-state index contributed by atoms with van der Waals surface area (Å²) in [6.07, 6.45) is 5.95. The monoisotopic (exact) mass is 498 g/mol. The molecule has 36 heavy (non-hydrogen) atoms. The molecular weight excluding hydrogens is 452 g/mol. The van der Waals surface area contributed by atoms with E-state index in [1.807, 2.05) is 20.8 Å². The number of aliphatic hydroxyl groups excluding tert-OH is 1. The van der Waals surface area contributed by atoms with Gasteiger partial charge < -0.3 is 19.5 Å². The highest BCUT2D eigenvalue weighted by atomic mass is 16.6. The van der Waals surface area contributed by atoms with Crippen molar-refractivity contribution in [3.05, 3.63) is 33.9 Å². The fraction of sp³-hybridized carbons (Fsp3) is 0.767. The second kappa shape index (κ2) is 9.59. The van der Waals surface area contributed by atoms with Gasteiger partial charge in [-0.05, 0) is 133 Å². The summed E-state index contributed by atoms with van der Waals surface area (Å²) in [5.41, 5.74) is 6.74. The van der Waals surface area contributed by atoms with E-state index in [9.17, 15) is 9.90 Å². The van der Waals surface area contributed by atoms with Crippen LogP contribution in [0.15, 0.2) is 6.07 Å². The lowest BCUT2D eigenvalue weighted by Crippen LogP contribution is -2.64. The lowest BCUT2D eigenvalue weighted by molar-refractivity contribution is -0.109. The minimum absolute atomic E-state index is 0.141. The Morgan fingerprint density at radius 3 is 2.36 bits per heavy atom. The van der Waals surface area contributed by atoms with E-state index in [0.29, 0.717) is 31.0 Å². The summed E-state index contributed by atoms with van der Waals surface area (Å²) in [6, 6.07) is 2.91. The Balaban J connectivity index is 1.20. The summed E-state index contributed by atoms with van der Waals surface area (Å²) in [5, 5.41) is 10.2. The van der Waals surface area contributed by atoms with Crippen LogP contribution < -0.4 is 0 Å². The normalized spacial score (nSPS) is 29.1. The molecule has 2 unspecified atom stereocenters. The summed E-state index contributed by atoms with van der Waals surface area (Å²) < 4.78 is 11.8. The van der Waals surface area contributed by atoms with E-state index in [-0.39, 0.29) is 17.8 Å². The zero-order valence-corrected chi connectivity index (χ0v) is 23.2. The van der Waals surface area contributed by atoms with E-state index >= 15 is 0 Å². The van der Waals surface area contributed by atoms with Gasteiger partial charge in [-0.3, -0.25) is 4.90 Å². The van der Waals surface area contributed by atoms with Crippen LogP contribution in [0.2, 0.25) is 0 Å². The number of carbonyl (C=O) groups excluding carboxylic acids is 1. The topological polar surface area (TPSA) is 62.2 Å². The minimum Gasteiger partial charge on any atom is -0.444 e. The highest BCUT2D eigenvalue weighted by molar-refractivity contribution is 5.69. The second-order valence-electron chi connectivity index (χ2n) is 13.1. The summed E-state index contributed by atoms with van der Waals surface area (Å²) in [6.45, 7) is 16.8. The summed E-state index contributed by atoms with van der Waals surface area (Å²) in [5.74, 6) is 1.09. The van der Waals surface area contributed by atoms with Crippen LogP contribution in [0.1, 0.15) is 98.9 Å². The molecule has 4 aliphatic rings. The van der Waals surface area contributed by atoms with Gasteiger partial charge in [0.2, 0.25) is 0 Å². The largest absolute Gasteiger partial charge is 0.444 e. The quantitative estimate of drug-likeness (QED) is 0.621. The molecule has 4 fully saturated rings. The SMILES string of the molecule is Cc1cc(C2CCN([C@@H]3COC4(C3)CN(C(=O)OC(C)(C)C)C4)CC2)c(C2CCC(O)C2)c(C)c1C. The number of rotatable bonds is 3. The van der Waals surface area contributed by atoms with Crippen molar-refractivity contribution in [2.45, 2.75) is 115 Å². The number of aryl methyl sites for hydroxylation is 1. The molecular formula is C30H46N2O4. The zero-order chi connectivity index (χ0) is 25.8. The molecule has 1 saturated carbocycles. The van der Waals surface area contributed by atoms with Crippen LogP contribution in [-0.4, -0.2) is 77.1 Å². The van der Waals surface area contributed by atoms with Gasteiger partial charge in [-0.2, -0.15) is 0 Å². The Kier molecular flexibility index (Phi) is 6.93. The third kappa shape index (κ3) is 5.06. The van der Waals surface area contributed by atoms with E-state index < -0.39 is 5.60 Å². The van der Waals surface area contributed by atoms with Crippen molar-refractivity contribution in [3.8, 4) is 0 Å². The van der Waals surface area contributed by atoms with E-state index in [2.05, 4.69) is 31.7 Å². The molecule has 1 amide bonds. The number of piperidine rings is 1. The maximum atomic E-state index is 12.4. The van der Waals surface area contributed by atoms with E-state index in [0.717, 1.165) is 45.4 Å². The number of aliphatic hydroxyl groups is 1. The molecule has 5 rings (SSSR count). The first-order valence-corrected chi connectivity index (χ1v) is 14.1. The molecule has 0 radical (unpaired) electrons. The fourth-order valence-electron chi connectivity index (χ4n) is 7.19. The lowest BCUT2D eigenvalue weighted by Gasteiger charge is -2.47. The molecule has 200 valence electrons. The molecule has 1 aromatic rings. The van der Waals surface area contributed by atoms with E-state index in [1.54, 1.807) is 16.0 Å². The predicted molar refractivity (Wildman–Crippen MR) is 142 cm³/mol. The van der Waals surface area contributed by atoms with E-state index in [4.69, 9.17) is 9.47 Å². The van der Waals surface area contributed by atoms with Crippen LogP contribution in [0, 0.1) is 20.8 Å². The number of ether oxygens (including phenoxy) is 2. The Morgan fingerprint density at radius 2 is 1.75 bits per heavy atom. The highest BCUT2D eigenvalue weighted by Gasteiger charge is 2.53. The molecule has 3 atom stereocenters. The van der Waals surface area contributed by atoms with Crippen LogP contribution in [0.4, 0.5) is 4.79 Å². The molecule has 3 heterocycles. The first-order chi connectivity index (χ1) is 16.9. The fourth-order valence-corrected chi connectivity index (χ4v) is 7.19. The van der Waals surface area contributed by atoms with Crippen LogP contribution >= 0.6 is 0 Å². The number of hydrogen-bond acceptors (Lipinski definition) is 5. The molecule has 0 bridgehead atoms. The van der Waals surface area contributed by atoms with Crippen LogP contribution in [0.25, 0.3) is 0 Å². The van der Waals surface area contributed by atoms with Gasteiger partial charge in [0.05, 0.1) is 25.8 Å². The number of benzene rings is 1. The summed E-state index contributed by atoms with van der Waals surface area (Å²) in [7, 11) is 0. The van der Waals surface area contributed by atoms with Crippen molar-refractivity contribution in [2.75, 3.05) is 32.8 Å². The van der Waals surface area contributed by atoms with Gasteiger partial charge in [-0.25, -0.2) is 4.79 Å². The van der Waals surface area contributed by atoms with E-state index in [1.165, 1.54) is 29.5 Å². The van der Waals surface area contributed by atoms with Gasteiger partial charge in [0.1, 0.15) is 11.2 Å². The number of hydrogen-bond donors (Lipinski definition) is 1. The molecule has 1 aromatic carbocycles. The second-order valence-corrected chi connectivity index (χ2v) is 13.1. The van der Waals surface area contributed by atoms with Crippen molar-refractivity contribution in [1.29, 1.82) is 0 Å². The standard InChI is InChI=1S/C30H46N2O4/c1-19-13-26(27(21(3)20(19)2)23-7-8-25(33)14-23)22-9-11-31(12-10-22)24-15-30(35-16-24)17-32(18-30)28(34)36-29(4,5)6/h13,22-25,33H,7-12,14-18H2,1-6H3/t23?,24-,25?/m0/s1. The Hall–Kier alpha value is -1.63. The number of likely N-dealkylation sites (tertiary alicyclic amines) is 2. The van der Waals surface area contributed by atoms with Gasteiger partial charge in [-0.1, -0.05) is 6.07 Å². The first kappa shape index (κ1) is 26.0. The maximum absolute atomic E-state index is 12.4. The molecule has 3 aliphatic heterocycles. The third-order valence-electron chi connectivity index (χ3n) is 9.34. The molecule has 3 saturated heterocycles. The minimum atomic E-state index is -0.463. The highest BCUT2D eigenvalue weighted by Crippen LogP contribution is 2.45. The number of nitrogens with zero attached hydrogens (tertiary/aromatic N) is 2. The summed E-state index contributed by atoms with van der Waals surface area (Å²) in [4.78, 5) is 16.8. The number of amides is 1. The first-order valence-electron chi connectivity index (χ1n) is 14.1. The predicted octanol–water partition coefficient (Wildman–Crippen LogP) is 5.20. The molecule has 1 N–H and O–H groups in total. The molecule has 0 aromatic heterocycles. The van der Waals surface area contributed by atoms with Crippen molar-refractivity contribution < 1.29 is 19.4 Å². The third-order valence-corrected chi connectivity index (χ3v) is 9.34. The molecule has 1 aliphatic carbocycles. The average Bonchev–Trinajstić information content (AvgIpc) is 3.42. The van der Waals surface area contributed by atoms with Crippen LogP contribution in [0.3, 0.4) is 0 Å². The lowest BCUT2D eigenvalue weighted by atomic mass is 9.77. The molecule has 6 nitrogen and oxygen atoms in total. The van der Waals surface area contributed by atoms with Crippen LogP contribution in [0.5, 0.6) is 0 Å². The Morgan fingerprint density at radius 1 is 1.06 bits per heavy atom.